The molecule has 0 saturated carbocycles. The van der Waals surface area contributed by atoms with E-state index in [-0.39, 0.29) is 42.7 Å². The standard InChI is InChI=1S/C34H37N3O6/c1-22-17-28(19-31(39)36-16-6-9-26(36)21-38)43-34(22)29-18-25(35-32(40)24-10-13-27(42-2)14-11-24)12-15-30(29)37(33(34)41)20-23-7-4-3-5-8-23/h3-5,7-8,10-15,18,22,26,28,38H,6,9,16-17,19-21H2,1-2H3,(H,35,40)/t22-,26-,28-,34+/m0/s1. The van der Waals surface area contributed by atoms with E-state index in [1.54, 1.807) is 47.2 Å². The highest BCUT2D eigenvalue weighted by Gasteiger charge is 2.60. The summed E-state index contributed by atoms with van der Waals surface area (Å²) in [6.45, 7) is 2.94. The number of hydrogen-bond donors (Lipinski definition) is 2. The van der Waals surface area contributed by atoms with E-state index >= 15 is 0 Å². The van der Waals surface area contributed by atoms with Crippen molar-refractivity contribution in [1.29, 1.82) is 0 Å². The lowest BCUT2D eigenvalue weighted by Crippen LogP contribution is -2.44. The van der Waals surface area contributed by atoms with Crippen LogP contribution >= 0.6 is 0 Å². The van der Waals surface area contributed by atoms with E-state index in [0.717, 1.165) is 24.1 Å². The second-order valence-electron chi connectivity index (χ2n) is 11.7. The lowest BCUT2D eigenvalue weighted by molar-refractivity contribution is -0.150. The van der Waals surface area contributed by atoms with Crippen molar-refractivity contribution in [3.8, 4) is 5.75 Å². The number of likely N-dealkylation sites (tertiary alicyclic amines) is 1. The zero-order valence-corrected chi connectivity index (χ0v) is 24.5. The number of aliphatic hydroxyl groups excluding tert-OH is 1. The number of nitrogens with one attached hydrogen (secondary N) is 1. The van der Waals surface area contributed by atoms with Crippen LogP contribution in [0.1, 0.15) is 54.1 Å². The first kappa shape index (κ1) is 28.9. The molecule has 3 aliphatic heterocycles. The fourth-order valence-electron chi connectivity index (χ4n) is 6.81. The van der Waals surface area contributed by atoms with Crippen molar-refractivity contribution < 1.29 is 29.0 Å². The fourth-order valence-corrected chi connectivity index (χ4v) is 6.81. The van der Waals surface area contributed by atoms with E-state index in [1.165, 1.54) is 0 Å². The molecule has 2 saturated heterocycles. The van der Waals surface area contributed by atoms with Crippen LogP contribution in [0.4, 0.5) is 11.4 Å². The van der Waals surface area contributed by atoms with Gasteiger partial charge in [0.05, 0.1) is 44.5 Å². The molecule has 43 heavy (non-hydrogen) atoms. The number of anilines is 2. The predicted octanol–water partition coefficient (Wildman–Crippen LogP) is 4.49. The summed E-state index contributed by atoms with van der Waals surface area (Å²) in [6, 6.07) is 22.0. The summed E-state index contributed by atoms with van der Waals surface area (Å²) in [7, 11) is 1.57. The average molecular weight is 584 g/mol. The molecule has 224 valence electrons. The average Bonchev–Trinajstić information content (AvgIpc) is 3.70. The smallest absolute Gasteiger partial charge is 0.264 e. The Morgan fingerprint density at radius 2 is 1.86 bits per heavy atom. The van der Waals surface area contributed by atoms with Crippen molar-refractivity contribution >= 4 is 29.1 Å². The number of carbonyl (C=O) groups excluding carboxylic acids is 3. The highest BCUT2D eigenvalue weighted by Crippen LogP contribution is 2.54. The molecule has 6 rings (SSSR count). The Bertz CT molecular complexity index is 1510. The number of hydrogen-bond acceptors (Lipinski definition) is 6. The summed E-state index contributed by atoms with van der Waals surface area (Å²) < 4.78 is 11.9. The Labute approximate surface area is 251 Å². The Morgan fingerprint density at radius 1 is 1.09 bits per heavy atom. The molecule has 4 atom stereocenters. The number of benzene rings is 3. The second-order valence-corrected chi connectivity index (χ2v) is 11.7. The minimum Gasteiger partial charge on any atom is -0.497 e. The first-order valence-electron chi connectivity index (χ1n) is 14.9. The van der Waals surface area contributed by atoms with Gasteiger partial charge in [-0.3, -0.25) is 14.4 Å². The van der Waals surface area contributed by atoms with E-state index in [1.807, 2.05) is 49.4 Å². The number of carbonyl (C=O) groups is 3. The second kappa shape index (κ2) is 11.8. The van der Waals surface area contributed by atoms with Crippen LogP contribution in [-0.4, -0.2) is 60.1 Å². The van der Waals surface area contributed by atoms with E-state index in [0.29, 0.717) is 42.1 Å². The SMILES string of the molecule is COc1ccc(C(=O)Nc2ccc3c(c2)[C@@]2(O[C@H](CC(=O)N4CCC[C@H]4CO)C[C@@H]2C)C(=O)N3Cc2ccccc2)cc1. The molecule has 2 N–H and O–H groups in total. The molecule has 0 aliphatic carbocycles. The van der Waals surface area contributed by atoms with Gasteiger partial charge >= 0.3 is 0 Å². The molecule has 9 nitrogen and oxygen atoms in total. The van der Waals surface area contributed by atoms with Crippen LogP contribution in [0.15, 0.2) is 72.8 Å². The number of amides is 3. The third kappa shape index (κ3) is 5.28. The Morgan fingerprint density at radius 3 is 2.58 bits per heavy atom. The number of fused-ring (bicyclic) bond motifs is 2. The monoisotopic (exact) mass is 583 g/mol. The maximum Gasteiger partial charge on any atom is 0.264 e. The molecule has 0 radical (unpaired) electrons. The van der Waals surface area contributed by atoms with E-state index < -0.39 is 11.7 Å². The number of methoxy groups -OCH3 is 1. The summed E-state index contributed by atoms with van der Waals surface area (Å²) >= 11 is 0. The first-order chi connectivity index (χ1) is 20.8. The third-order valence-corrected chi connectivity index (χ3v) is 9.02. The highest BCUT2D eigenvalue weighted by molar-refractivity contribution is 6.09. The third-order valence-electron chi connectivity index (χ3n) is 9.02. The van der Waals surface area contributed by atoms with Crippen LogP contribution in [0, 0.1) is 5.92 Å². The van der Waals surface area contributed by atoms with Crippen LogP contribution in [0.2, 0.25) is 0 Å². The molecule has 3 aliphatic rings. The van der Waals surface area contributed by atoms with E-state index in [4.69, 9.17) is 9.47 Å². The molecular weight excluding hydrogens is 546 g/mol. The molecule has 3 aromatic rings. The zero-order valence-electron chi connectivity index (χ0n) is 24.5. The summed E-state index contributed by atoms with van der Waals surface area (Å²) in [4.78, 5) is 44.2. The van der Waals surface area contributed by atoms with Crippen LogP contribution in [0.3, 0.4) is 0 Å². The van der Waals surface area contributed by atoms with Gasteiger partial charge in [-0.05, 0) is 67.3 Å². The van der Waals surface area contributed by atoms with Crippen LogP contribution < -0.4 is 15.0 Å². The number of rotatable bonds is 8. The molecule has 3 aromatic carbocycles. The molecular formula is C34H37N3O6. The quantitative estimate of drug-likeness (QED) is 0.405. The van der Waals surface area contributed by atoms with Crippen molar-refractivity contribution in [2.24, 2.45) is 5.92 Å². The number of nitrogens with zero attached hydrogens (tertiary/aromatic N) is 2. The van der Waals surface area contributed by atoms with Gasteiger partial charge in [0.1, 0.15) is 5.75 Å². The van der Waals surface area contributed by atoms with Crippen molar-refractivity contribution in [3.05, 3.63) is 89.5 Å². The minimum absolute atomic E-state index is 0.0526. The van der Waals surface area contributed by atoms with Gasteiger partial charge in [-0.2, -0.15) is 0 Å². The van der Waals surface area contributed by atoms with Gasteiger partial charge in [0.25, 0.3) is 11.8 Å². The maximum atomic E-state index is 14.4. The van der Waals surface area contributed by atoms with Crippen molar-refractivity contribution in [3.63, 3.8) is 0 Å². The van der Waals surface area contributed by atoms with Crippen LogP contribution in [0.5, 0.6) is 5.75 Å². The first-order valence-corrected chi connectivity index (χ1v) is 14.9. The van der Waals surface area contributed by atoms with E-state index in [2.05, 4.69) is 5.32 Å². The molecule has 2 fully saturated rings. The summed E-state index contributed by atoms with van der Waals surface area (Å²) in [5.74, 6) is -0.0582. The van der Waals surface area contributed by atoms with Crippen molar-refractivity contribution in [2.75, 3.05) is 30.5 Å². The lowest BCUT2D eigenvalue weighted by atomic mass is 9.82. The molecule has 9 heteroatoms. The minimum atomic E-state index is -1.28. The number of ether oxygens (including phenoxy) is 2. The van der Waals surface area contributed by atoms with Gasteiger partial charge in [0, 0.05) is 29.3 Å². The summed E-state index contributed by atoms with van der Waals surface area (Å²) in [5.41, 5.74) is 2.15. The van der Waals surface area contributed by atoms with Crippen molar-refractivity contribution in [2.45, 2.75) is 56.9 Å². The van der Waals surface area contributed by atoms with Gasteiger partial charge in [0.15, 0.2) is 5.60 Å². The zero-order chi connectivity index (χ0) is 30.1. The van der Waals surface area contributed by atoms with Crippen molar-refractivity contribution in [1.82, 2.24) is 4.90 Å². The van der Waals surface area contributed by atoms with Gasteiger partial charge in [-0.15, -0.1) is 0 Å². The normalized spacial score (nSPS) is 24.4. The molecule has 3 amide bonds. The number of aliphatic hydroxyl groups is 1. The van der Waals surface area contributed by atoms with Gasteiger partial charge in [-0.1, -0.05) is 37.3 Å². The molecule has 1 spiro atoms. The summed E-state index contributed by atoms with van der Waals surface area (Å²) in [5, 5.41) is 12.7. The summed E-state index contributed by atoms with van der Waals surface area (Å²) in [6.07, 6.45) is 1.90. The van der Waals surface area contributed by atoms with Crippen LogP contribution in [-0.2, 0) is 26.5 Å². The molecule has 0 unspecified atom stereocenters. The van der Waals surface area contributed by atoms with E-state index in [9.17, 15) is 19.5 Å². The van der Waals surface area contributed by atoms with Gasteiger partial charge in [0.2, 0.25) is 5.91 Å². The Balaban J connectivity index is 1.30. The molecule has 0 bridgehead atoms. The van der Waals surface area contributed by atoms with Crippen LogP contribution in [0.25, 0.3) is 0 Å². The topological polar surface area (TPSA) is 108 Å². The Hall–Kier alpha value is -4.21. The van der Waals surface area contributed by atoms with Gasteiger partial charge < -0.3 is 29.7 Å². The fraction of sp³-hybridized carbons (Fsp3) is 0.382. The lowest BCUT2D eigenvalue weighted by Gasteiger charge is -2.29. The maximum absolute atomic E-state index is 14.4. The Kier molecular flexibility index (Phi) is 7.94. The molecule has 3 heterocycles. The largest absolute Gasteiger partial charge is 0.497 e. The predicted molar refractivity (Wildman–Crippen MR) is 162 cm³/mol. The highest BCUT2D eigenvalue weighted by atomic mass is 16.5. The molecule has 0 aromatic heterocycles. The van der Waals surface area contributed by atoms with Gasteiger partial charge in [-0.25, -0.2) is 0 Å².